The number of rotatable bonds is 4. The number of aromatic nitrogens is 3. The number of nitrogens with zero attached hydrogens (tertiary/aromatic N) is 4. The number of benzene rings is 1. The molecule has 1 aromatic carbocycles. The lowest BCUT2D eigenvalue weighted by Gasteiger charge is -2.05. The fourth-order valence-corrected chi connectivity index (χ4v) is 3.23. The summed E-state index contributed by atoms with van der Waals surface area (Å²) < 4.78 is 20.5. The van der Waals surface area contributed by atoms with E-state index >= 15 is 0 Å². The van der Waals surface area contributed by atoms with Gasteiger partial charge in [0, 0.05) is 12.4 Å². The molecule has 0 spiro atoms. The molecule has 3 rings (SSSR count). The first-order valence-corrected chi connectivity index (χ1v) is 8.19. The van der Waals surface area contributed by atoms with Gasteiger partial charge in [-0.15, -0.1) is 0 Å². The molecule has 25 heavy (non-hydrogen) atoms. The summed E-state index contributed by atoms with van der Waals surface area (Å²) in [6.07, 6.45) is 4.13. The average Bonchev–Trinajstić information content (AvgIpc) is 2.92. The quantitative estimate of drug-likeness (QED) is 0.664. The van der Waals surface area contributed by atoms with Gasteiger partial charge in [0.15, 0.2) is 4.80 Å². The molecule has 0 atom stereocenters. The zero-order valence-electron chi connectivity index (χ0n) is 13.2. The van der Waals surface area contributed by atoms with E-state index in [1.807, 2.05) is 0 Å². The lowest BCUT2D eigenvalue weighted by Crippen LogP contribution is -2.23. The second-order valence-corrected chi connectivity index (χ2v) is 5.90. The third-order valence-electron chi connectivity index (χ3n) is 3.22. The van der Waals surface area contributed by atoms with Gasteiger partial charge in [-0.2, -0.15) is 4.99 Å². The number of hydrogen-bond donors (Lipinski definition) is 0. The van der Waals surface area contributed by atoms with Gasteiger partial charge in [0.25, 0.3) is 5.91 Å². The first-order chi connectivity index (χ1) is 12.1. The number of ether oxygens (including phenoxy) is 1. The van der Waals surface area contributed by atoms with Gasteiger partial charge in [-0.3, -0.25) is 14.6 Å². The summed E-state index contributed by atoms with van der Waals surface area (Å²) in [6.45, 7) is 1.81. The lowest BCUT2D eigenvalue weighted by molar-refractivity contribution is -0.143. The van der Waals surface area contributed by atoms with Crippen LogP contribution in [0.15, 0.2) is 41.8 Å². The molecular formula is C16H13FN4O3S. The smallest absolute Gasteiger partial charge is 0.326 e. The van der Waals surface area contributed by atoms with Crippen LogP contribution < -0.4 is 4.80 Å². The van der Waals surface area contributed by atoms with Gasteiger partial charge >= 0.3 is 5.97 Å². The topological polar surface area (TPSA) is 86.4 Å². The Morgan fingerprint density at radius 1 is 1.36 bits per heavy atom. The number of fused-ring (bicyclic) bond motifs is 1. The molecule has 0 aliphatic rings. The highest BCUT2D eigenvalue weighted by Crippen LogP contribution is 2.19. The van der Waals surface area contributed by atoms with E-state index in [0.29, 0.717) is 10.2 Å². The fraction of sp³-hybridized carbons (Fsp3) is 0.188. The highest BCUT2D eigenvalue weighted by atomic mass is 32.1. The van der Waals surface area contributed by atoms with Crippen molar-refractivity contribution >= 4 is 33.4 Å². The van der Waals surface area contributed by atoms with E-state index in [-0.39, 0.29) is 23.6 Å². The molecule has 7 nitrogen and oxygen atoms in total. The molecule has 0 bridgehead atoms. The van der Waals surface area contributed by atoms with E-state index < -0.39 is 17.7 Å². The molecule has 0 unspecified atom stereocenters. The highest BCUT2D eigenvalue weighted by Gasteiger charge is 2.13. The molecule has 9 heteroatoms. The Morgan fingerprint density at radius 2 is 2.20 bits per heavy atom. The van der Waals surface area contributed by atoms with E-state index in [0.717, 1.165) is 11.3 Å². The summed E-state index contributed by atoms with van der Waals surface area (Å²) in [5.41, 5.74) is 0.666. The monoisotopic (exact) mass is 360 g/mol. The Hall–Kier alpha value is -2.94. The Balaban J connectivity index is 2.11. The molecule has 0 aliphatic heterocycles. The summed E-state index contributed by atoms with van der Waals surface area (Å²) in [5.74, 6) is -1.48. The largest absolute Gasteiger partial charge is 0.465 e. The third kappa shape index (κ3) is 3.77. The van der Waals surface area contributed by atoms with Crippen LogP contribution in [0.4, 0.5) is 4.39 Å². The number of thiazole rings is 1. The van der Waals surface area contributed by atoms with Crippen LogP contribution in [0.2, 0.25) is 0 Å². The maximum Gasteiger partial charge on any atom is 0.326 e. The maximum atomic E-state index is 13.5. The standard InChI is InChI=1S/C16H13FN4O3S/c1-2-24-14(22)9-21-12-4-3-10(17)7-13(12)25-16(21)20-15(23)11-8-18-5-6-19-11/h3-8H,2,9H2,1H3. The first kappa shape index (κ1) is 16.9. The van der Waals surface area contributed by atoms with Gasteiger partial charge in [-0.25, -0.2) is 9.37 Å². The summed E-state index contributed by atoms with van der Waals surface area (Å²) >= 11 is 1.10. The van der Waals surface area contributed by atoms with Gasteiger partial charge < -0.3 is 9.30 Å². The predicted molar refractivity (Wildman–Crippen MR) is 88.3 cm³/mol. The van der Waals surface area contributed by atoms with Crippen LogP contribution in [0, 0.1) is 5.82 Å². The SMILES string of the molecule is CCOC(=O)Cn1c(=NC(=O)c2cnccn2)sc2cc(F)ccc21. The van der Waals surface area contributed by atoms with E-state index in [1.54, 1.807) is 6.92 Å². The van der Waals surface area contributed by atoms with Crippen LogP contribution >= 0.6 is 11.3 Å². The van der Waals surface area contributed by atoms with Crippen molar-refractivity contribution in [1.82, 2.24) is 14.5 Å². The highest BCUT2D eigenvalue weighted by molar-refractivity contribution is 7.16. The summed E-state index contributed by atoms with van der Waals surface area (Å²) in [7, 11) is 0. The number of halogens is 1. The predicted octanol–water partition coefficient (Wildman–Crippen LogP) is 1.94. The Morgan fingerprint density at radius 3 is 2.92 bits per heavy atom. The summed E-state index contributed by atoms with van der Waals surface area (Å²) in [6, 6.07) is 4.14. The minimum Gasteiger partial charge on any atom is -0.465 e. The molecule has 0 radical (unpaired) electrons. The van der Waals surface area contributed by atoms with Crippen molar-refractivity contribution in [2.75, 3.05) is 6.61 Å². The van der Waals surface area contributed by atoms with Crippen molar-refractivity contribution < 1.29 is 18.7 Å². The van der Waals surface area contributed by atoms with Crippen LogP contribution in [0.3, 0.4) is 0 Å². The van der Waals surface area contributed by atoms with Crippen LogP contribution in [-0.2, 0) is 16.1 Å². The second-order valence-electron chi connectivity index (χ2n) is 4.90. The number of carbonyl (C=O) groups excluding carboxylic acids is 2. The van der Waals surface area contributed by atoms with E-state index in [1.165, 1.54) is 41.4 Å². The van der Waals surface area contributed by atoms with Gasteiger partial charge in [0.1, 0.15) is 18.1 Å². The minimum absolute atomic E-state index is 0.0776. The number of carbonyl (C=O) groups is 2. The summed E-state index contributed by atoms with van der Waals surface area (Å²) in [5, 5.41) is 0. The molecule has 3 aromatic rings. The van der Waals surface area contributed by atoms with Crippen molar-refractivity contribution in [3.63, 3.8) is 0 Å². The van der Waals surface area contributed by atoms with Crippen molar-refractivity contribution in [3.8, 4) is 0 Å². The number of esters is 1. The summed E-state index contributed by atoms with van der Waals surface area (Å²) in [4.78, 5) is 36.1. The minimum atomic E-state index is -0.599. The molecule has 0 saturated heterocycles. The Bertz CT molecular complexity index is 998. The van der Waals surface area contributed by atoms with Crippen molar-refractivity contribution in [2.45, 2.75) is 13.5 Å². The molecule has 2 aromatic heterocycles. The molecular weight excluding hydrogens is 347 g/mol. The van der Waals surface area contributed by atoms with E-state index in [4.69, 9.17) is 4.74 Å². The molecule has 0 aliphatic carbocycles. The van der Waals surface area contributed by atoms with Crippen LogP contribution in [0.25, 0.3) is 10.2 Å². The normalized spacial score (nSPS) is 11.7. The van der Waals surface area contributed by atoms with Crippen LogP contribution in [0.5, 0.6) is 0 Å². The fourth-order valence-electron chi connectivity index (χ4n) is 2.17. The maximum absolute atomic E-state index is 13.5. The molecule has 128 valence electrons. The van der Waals surface area contributed by atoms with E-state index in [2.05, 4.69) is 15.0 Å². The van der Waals surface area contributed by atoms with E-state index in [9.17, 15) is 14.0 Å². The molecule has 0 saturated carbocycles. The lowest BCUT2D eigenvalue weighted by atomic mass is 10.3. The molecule has 0 N–H and O–H groups in total. The average molecular weight is 360 g/mol. The first-order valence-electron chi connectivity index (χ1n) is 7.38. The Kier molecular flexibility index (Phi) is 4.94. The zero-order chi connectivity index (χ0) is 17.8. The third-order valence-corrected chi connectivity index (χ3v) is 4.26. The van der Waals surface area contributed by atoms with Crippen molar-refractivity contribution in [2.24, 2.45) is 4.99 Å². The van der Waals surface area contributed by atoms with Crippen molar-refractivity contribution in [1.29, 1.82) is 0 Å². The second kappa shape index (κ2) is 7.31. The number of amides is 1. The molecule has 1 amide bonds. The molecule has 2 heterocycles. The Labute approximate surface area is 145 Å². The van der Waals surface area contributed by atoms with Gasteiger partial charge in [0.05, 0.1) is 23.0 Å². The van der Waals surface area contributed by atoms with Gasteiger partial charge in [0.2, 0.25) is 0 Å². The van der Waals surface area contributed by atoms with Gasteiger partial charge in [-0.1, -0.05) is 11.3 Å². The molecule has 0 fully saturated rings. The van der Waals surface area contributed by atoms with Crippen LogP contribution in [-0.4, -0.2) is 33.0 Å². The zero-order valence-corrected chi connectivity index (χ0v) is 14.0. The van der Waals surface area contributed by atoms with Gasteiger partial charge in [-0.05, 0) is 25.1 Å². The number of hydrogen-bond acceptors (Lipinski definition) is 6. The van der Waals surface area contributed by atoms with Crippen molar-refractivity contribution in [3.05, 3.63) is 53.1 Å². The van der Waals surface area contributed by atoms with Crippen LogP contribution in [0.1, 0.15) is 17.4 Å².